The van der Waals surface area contributed by atoms with Crippen molar-refractivity contribution in [3.05, 3.63) is 129 Å². The molecule has 0 bridgehead atoms. The second-order valence-electron chi connectivity index (χ2n) is 9.96. The van der Waals surface area contributed by atoms with Gasteiger partial charge >= 0.3 is 11.7 Å². The van der Waals surface area contributed by atoms with Crippen molar-refractivity contribution in [1.82, 2.24) is 9.55 Å². The van der Waals surface area contributed by atoms with Gasteiger partial charge in [-0.1, -0.05) is 54.6 Å². The maximum Gasteiger partial charge on any atom is 0.330 e. The zero-order valence-corrected chi connectivity index (χ0v) is 23.8. The van der Waals surface area contributed by atoms with E-state index in [1.165, 1.54) is 13.1 Å². The highest BCUT2D eigenvalue weighted by Gasteiger charge is 2.49. The molecule has 0 unspecified atom stereocenters. The van der Waals surface area contributed by atoms with E-state index in [4.69, 9.17) is 23.7 Å². The fraction of sp³-hybridized carbons (Fsp3) is 0.281. The summed E-state index contributed by atoms with van der Waals surface area (Å²) in [5.41, 5.74) is -0.267. The number of ether oxygens (including phenoxy) is 5. The number of benzene rings is 3. The molecule has 1 fully saturated rings. The van der Waals surface area contributed by atoms with E-state index in [1.807, 2.05) is 78.9 Å². The number of nitrogens with zero attached hydrogens (tertiary/aromatic N) is 1. The monoisotopic (exact) mass is 588 g/mol. The van der Waals surface area contributed by atoms with Gasteiger partial charge in [-0.2, -0.15) is 0 Å². The maximum atomic E-state index is 12.5. The highest BCUT2D eigenvalue weighted by atomic mass is 16.6. The van der Waals surface area contributed by atoms with E-state index in [0.717, 1.165) is 27.3 Å². The van der Waals surface area contributed by atoms with Gasteiger partial charge in [0, 0.05) is 19.2 Å². The number of carbonyl (C=O) groups excluding carboxylic acids is 1. The molecule has 224 valence electrons. The molecule has 1 aliphatic rings. The van der Waals surface area contributed by atoms with Crippen molar-refractivity contribution >= 4 is 5.97 Å². The number of hydrogen-bond donors (Lipinski definition) is 2. The van der Waals surface area contributed by atoms with Crippen molar-refractivity contribution < 1.29 is 33.6 Å². The second kappa shape index (κ2) is 12.7. The molecule has 4 aromatic rings. The molecular weight excluding hydrogens is 556 g/mol. The van der Waals surface area contributed by atoms with Gasteiger partial charge in [0.15, 0.2) is 12.3 Å². The minimum Gasteiger partial charge on any atom is -0.497 e. The van der Waals surface area contributed by atoms with Gasteiger partial charge < -0.3 is 28.8 Å². The van der Waals surface area contributed by atoms with Crippen LogP contribution in [0.4, 0.5) is 0 Å². The molecule has 5 rings (SSSR count). The summed E-state index contributed by atoms with van der Waals surface area (Å²) in [5, 5.41) is 11.2. The highest BCUT2D eigenvalue weighted by Crippen LogP contribution is 2.43. The average Bonchev–Trinajstić information content (AvgIpc) is 3.32. The van der Waals surface area contributed by atoms with Crippen LogP contribution in [0.3, 0.4) is 0 Å². The number of nitrogens with one attached hydrogen (secondary N) is 1. The number of methoxy groups -OCH3 is 2. The quantitative estimate of drug-likeness (QED) is 0.212. The summed E-state index contributed by atoms with van der Waals surface area (Å²) in [6.07, 6.45) is -3.65. The molecule has 3 aromatic carbocycles. The lowest BCUT2D eigenvalue weighted by atomic mass is 9.80. The Balaban J connectivity index is 1.60. The van der Waals surface area contributed by atoms with E-state index in [1.54, 1.807) is 14.2 Å². The fourth-order valence-electron chi connectivity index (χ4n) is 5.33. The van der Waals surface area contributed by atoms with E-state index < -0.39 is 47.4 Å². The van der Waals surface area contributed by atoms with Gasteiger partial charge in [-0.3, -0.25) is 19.1 Å². The summed E-state index contributed by atoms with van der Waals surface area (Å²) in [5.74, 6) is 0.672. The Morgan fingerprint density at radius 3 is 1.95 bits per heavy atom. The second-order valence-corrected chi connectivity index (χ2v) is 9.96. The van der Waals surface area contributed by atoms with Gasteiger partial charge in [-0.25, -0.2) is 4.79 Å². The summed E-state index contributed by atoms with van der Waals surface area (Å²) in [7, 11) is 3.17. The molecule has 11 nitrogen and oxygen atoms in total. The number of rotatable bonds is 10. The first-order chi connectivity index (χ1) is 20.8. The normalized spacial score (nSPS) is 20.0. The van der Waals surface area contributed by atoms with E-state index in [9.17, 15) is 19.5 Å². The Bertz CT molecular complexity index is 1600. The van der Waals surface area contributed by atoms with E-state index in [2.05, 4.69) is 4.98 Å². The van der Waals surface area contributed by atoms with Crippen LogP contribution in [0.25, 0.3) is 0 Å². The average molecular weight is 589 g/mol. The first-order valence-corrected chi connectivity index (χ1v) is 13.6. The van der Waals surface area contributed by atoms with E-state index >= 15 is 0 Å². The molecule has 0 aliphatic carbocycles. The zero-order valence-electron chi connectivity index (χ0n) is 23.8. The molecule has 1 saturated heterocycles. The predicted octanol–water partition coefficient (Wildman–Crippen LogP) is 2.75. The van der Waals surface area contributed by atoms with Crippen molar-refractivity contribution in [2.24, 2.45) is 0 Å². The smallest absolute Gasteiger partial charge is 0.330 e. The van der Waals surface area contributed by atoms with Gasteiger partial charge in [0.2, 0.25) is 0 Å². The first kappa shape index (κ1) is 29.8. The third-order valence-electron chi connectivity index (χ3n) is 7.37. The number of aliphatic hydroxyl groups is 1. The number of esters is 1. The van der Waals surface area contributed by atoms with E-state index in [0.29, 0.717) is 11.5 Å². The minimum atomic E-state index is -1.44. The number of H-pyrrole nitrogens is 1. The topological polar surface area (TPSA) is 138 Å². The van der Waals surface area contributed by atoms with Crippen molar-refractivity contribution in [3.63, 3.8) is 0 Å². The molecule has 1 aromatic heterocycles. The molecule has 0 saturated carbocycles. The molecule has 0 spiro atoms. The molecular formula is C32H32N2O9. The Morgan fingerprint density at radius 1 is 0.884 bits per heavy atom. The van der Waals surface area contributed by atoms with Crippen molar-refractivity contribution in [2.45, 2.75) is 37.1 Å². The summed E-state index contributed by atoms with van der Waals surface area (Å²) >= 11 is 0. The summed E-state index contributed by atoms with van der Waals surface area (Å²) in [4.78, 5) is 38.4. The molecule has 4 atom stereocenters. The standard InChI is InChI=1S/C32H32N2O9/c1-20(35)42-29-26(43-30(28(29)37)34-18-17-27(36)33-31(34)38)19-41-32(21-7-5-4-6-8-21,22-9-13-24(39-2)14-10-22)23-11-15-25(40-3)16-12-23/h4-18,26,28-30,37H,19H2,1-3H3,(H,33,36,38)/t26-,28-,29-,30-/m1/s1. The first-order valence-electron chi connectivity index (χ1n) is 13.6. The van der Waals surface area contributed by atoms with Gasteiger partial charge in [-0.05, 0) is 41.0 Å². The summed E-state index contributed by atoms with van der Waals surface area (Å²) in [6, 6.07) is 25.6. The number of aromatic amines is 1. The largest absolute Gasteiger partial charge is 0.497 e. The van der Waals surface area contributed by atoms with Crippen LogP contribution < -0.4 is 20.7 Å². The van der Waals surface area contributed by atoms with Gasteiger partial charge in [-0.15, -0.1) is 0 Å². The number of hydrogen-bond acceptors (Lipinski definition) is 9. The Labute approximate surface area is 247 Å². The molecule has 43 heavy (non-hydrogen) atoms. The lowest BCUT2D eigenvalue weighted by Gasteiger charge is -2.37. The van der Waals surface area contributed by atoms with Crippen LogP contribution in [0.15, 0.2) is 101 Å². The van der Waals surface area contributed by atoms with E-state index in [-0.39, 0.29) is 6.61 Å². The lowest BCUT2D eigenvalue weighted by Crippen LogP contribution is -2.42. The van der Waals surface area contributed by atoms with Crippen LogP contribution in [0.2, 0.25) is 0 Å². The third kappa shape index (κ3) is 5.96. The summed E-state index contributed by atoms with van der Waals surface area (Å²) in [6.45, 7) is 1.05. The van der Waals surface area contributed by atoms with Crippen LogP contribution in [0.1, 0.15) is 29.8 Å². The fourth-order valence-corrected chi connectivity index (χ4v) is 5.33. The summed E-state index contributed by atoms with van der Waals surface area (Å²) < 4.78 is 30.3. The van der Waals surface area contributed by atoms with Crippen LogP contribution in [-0.2, 0) is 24.6 Å². The molecule has 0 amide bonds. The predicted molar refractivity (Wildman–Crippen MR) is 155 cm³/mol. The van der Waals surface area contributed by atoms with Gasteiger partial charge in [0.1, 0.15) is 29.3 Å². The number of carbonyl (C=O) groups is 1. The molecule has 2 N–H and O–H groups in total. The Morgan fingerprint density at radius 2 is 1.44 bits per heavy atom. The maximum absolute atomic E-state index is 12.5. The van der Waals surface area contributed by atoms with Crippen molar-refractivity contribution in [1.29, 1.82) is 0 Å². The van der Waals surface area contributed by atoms with Crippen LogP contribution in [0.5, 0.6) is 11.5 Å². The number of aliphatic hydroxyl groups excluding tert-OH is 1. The third-order valence-corrected chi connectivity index (χ3v) is 7.37. The van der Waals surface area contributed by atoms with Crippen LogP contribution in [0, 0.1) is 0 Å². The van der Waals surface area contributed by atoms with Crippen LogP contribution in [-0.4, -0.2) is 59.8 Å². The zero-order chi connectivity index (χ0) is 30.6. The SMILES string of the molecule is COc1ccc(C(OC[C@H]2O[C@@H](n3ccc(=O)[nH]c3=O)[C@H](O)[C@@H]2OC(C)=O)(c2ccccc2)c2ccc(OC)cc2)cc1. The highest BCUT2D eigenvalue weighted by molar-refractivity contribution is 5.66. The minimum absolute atomic E-state index is 0.170. The van der Waals surface area contributed by atoms with Crippen molar-refractivity contribution in [2.75, 3.05) is 20.8 Å². The number of aromatic nitrogens is 2. The molecule has 1 aliphatic heterocycles. The molecule has 0 radical (unpaired) electrons. The van der Waals surface area contributed by atoms with Crippen LogP contribution >= 0.6 is 0 Å². The van der Waals surface area contributed by atoms with Crippen molar-refractivity contribution in [3.8, 4) is 11.5 Å². The van der Waals surface area contributed by atoms with Gasteiger partial charge in [0.25, 0.3) is 5.56 Å². The Hall–Kier alpha value is -4.71. The molecule has 2 heterocycles. The Kier molecular flexibility index (Phi) is 8.76. The lowest BCUT2D eigenvalue weighted by molar-refractivity contribution is -0.156. The van der Waals surface area contributed by atoms with Gasteiger partial charge in [0.05, 0.1) is 20.8 Å². The molecule has 11 heteroatoms.